The second-order valence-corrected chi connectivity index (χ2v) is 8.92. The fourth-order valence-electron chi connectivity index (χ4n) is 1.77. The van der Waals surface area contributed by atoms with E-state index in [1.165, 1.54) is 11.8 Å². The molecule has 1 unspecified atom stereocenters. The zero-order chi connectivity index (χ0) is 17.4. The van der Waals surface area contributed by atoms with Crippen molar-refractivity contribution in [1.82, 2.24) is 15.5 Å². The number of carbonyl (C=O) groups is 1. The summed E-state index contributed by atoms with van der Waals surface area (Å²) in [5, 5.41) is 11.0. The van der Waals surface area contributed by atoms with Crippen molar-refractivity contribution in [3.8, 4) is 5.75 Å². The van der Waals surface area contributed by atoms with Crippen LogP contribution < -0.4 is 10.1 Å². The molecular weight excluding hydrogens is 362 g/mol. The van der Waals surface area contributed by atoms with Crippen molar-refractivity contribution in [2.24, 2.45) is 0 Å². The van der Waals surface area contributed by atoms with E-state index in [1.54, 1.807) is 30.2 Å². The lowest BCUT2D eigenvalue weighted by molar-refractivity contribution is -0.120. The van der Waals surface area contributed by atoms with Gasteiger partial charge in [0.15, 0.2) is 8.68 Å². The zero-order valence-corrected chi connectivity index (χ0v) is 16.4. The highest BCUT2D eigenvalue weighted by Crippen LogP contribution is 2.31. The Balaban J connectivity index is 1.79. The van der Waals surface area contributed by atoms with Crippen LogP contribution in [0.2, 0.25) is 0 Å². The van der Waals surface area contributed by atoms with Crippen LogP contribution in [0.1, 0.15) is 25.8 Å². The molecule has 0 saturated carbocycles. The highest BCUT2D eigenvalue weighted by molar-refractivity contribution is 8.03. The topological polar surface area (TPSA) is 64.1 Å². The number of carbonyl (C=O) groups excluding carboxylic acids is 1. The molecule has 8 heteroatoms. The van der Waals surface area contributed by atoms with Gasteiger partial charge >= 0.3 is 0 Å². The molecule has 1 heterocycles. The standard InChI is InChI=1S/C16H21N3O2S3/c1-4-9-22-15-18-19-16(24-15)23-11(2)14(20)17-10-12-5-7-13(21-3)8-6-12/h5-8,11H,4,9-10H2,1-3H3,(H,17,20). The van der Waals surface area contributed by atoms with E-state index in [1.807, 2.05) is 31.2 Å². The number of nitrogens with one attached hydrogen (secondary N) is 1. The summed E-state index contributed by atoms with van der Waals surface area (Å²) in [6.07, 6.45) is 1.11. The fraction of sp³-hybridized carbons (Fsp3) is 0.438. The third-order valence-electron chi connectivity index (χ3n) is 3.09. The Morgan fingerprint density at radius 2 is 2.00 bits per heavy atom. The molecule has 2 aromatic rings. The first-order valence-electron chi connectivity index (χ1n) is 7.66. The minimum Gasteiger partial charge on any atom is -0.497 e. The van der Waals surface area contributed by atoms with Crippen LogP contribution in [0.15, 0.2) is 32.9 Å². The van der Waals surface area contributed by atoms with E-state index in [9.17, 15) is 4.79 Å². The van der Waals surface area contributed by atoms with Crippen molar-refractivity contribution in [2.75, 3.05) is 12.9 Å². The molecule has 1 amide bonds. The molecule has 1 atom stereocenters. The van der Waals surface area contributed by atoms with Crippen LogP contribution in [0.25, 0.3) is 0 Å². The maximum Gasteiger partial charge on any atom is 0.233 e. The smallest absolute Gasteiger partial charge is 0.233 e. The monoisotopic (exact) mass is 383 g/mol. The third-order valence-corrected chi connectivity index (χ3v) is 6.54. The lowest BCUT2D eigenvalue weighted by Crippen LogP contribution is -2.30. The number of hydrogen-bond acceptors (Lipinski definition) is 7. The normalized spacial score (nSPS) is 12.0. The van der Waals surface area contributed by atoms with E-state index in [4.69, 9.17) is 4.74 Å². The molecule has 0 fully saturated rings. The number of benzene rings is 1. The molecule has 0 aliphatic rings. The van der Waals surface area contributed by atoms with Crippen molar-refractivity contribution < 1.29 is 9.53 Å². The Kier molecular flexibility index (Phi) is 7.87. The van der Waals surface area contributed by atoms with Crippen molar-refractivity contribution in [1.29, 1.82) is 0 Å². The summed E-state index contributed by atoms with van der Waals surface area (Å²) in [6.45, 7) is 4.52. The van der Waals surface area contributed by atoms with Crippen LogP contribution in [0.5, 0.6) is 5.75 Å². The summed E-state index contributed by atoms with van der Waals surface area (Å²) in [5.74, 6) is 1.84. The van der Waals surface area contributed by atoms with E-state index >= 15 is 0 Å². The quantitative estimate of drug-likeness (QED) is 0.664. The molecule has 1 aromatic heterocycles. The molecule has 1 N–H and O–H groups in total. The molecule has 0 radical (unpaired) electrons. The Bertz CT molecular complexity index is 646. The molecule has 0 bridgehead atoms. The Hall–Kier alpha value is -1.25. The lowest BCUT2D eigenvalue weighted by atomic mass is 10.2. The average molecular weight is 384 g/mol. The second-order valence-electron chi connectivity index (χ2n) is 5.01. The number of nitrogens with zero attached hydrogens (tertiary/aromatic N) is 2. The largest absolute Gasteiger partial charge is 0.497 e. The first-order chi connectivity index (χ1) is 11.6. The molecular formula is C16H21N3O2S3. The summed E-state index contributed by atoms with van der Waals surface area (Å²) in [7, 11) is 1.63. The number of thioether (sulfide) groups is 2. The average Bonchev–Trinajstić information content (AvgIpc) is 3.05. The highest BCUT2D eigenvalue weighted by atomic mass is 32.2. The van der Waals surface area contributed by atoms with Gasteiger partial charge in [0, 0.05) is 12.3 Å². The van der Waals surface area contributed by atoms with Gasteiger partial charge in [-0.3, -0.25) is 4.79 Å². The highest BCUT2D eigenvalue weighted by Gasteiger charge is 2.17. The van der Waals surface area contributed by atoms with Crippen molar-refractivity contribution >= 4 is 40.8 Å². The van der Waals surface area contributed by atoms with Gasteiger partial charge in [-0.25, -0.2) is 0 Å². The summed E-state index contributed by atoms with van der Waals surface area (Å²) < 4.78 is 6.92. The van der Waals surface area contributed by atoms with Gasteiger partial charge in [-0.15, -0.1) is 10.2 Å². The summed E-state index contributed by atoms with van der Waals surface area (Å²) >= 11 is 4.70. The van der Waals surface area contributed by atoms with Crippen molar-refractivity contribution in [2.45, 2.75) is 40.7 Å². The molecule has 2 rings (SSSR count). The SMILES string of the molecule is CCCSc1nnc(SC(C)C(=O)NCc2ccc(OC)cc2)s1. The first kappa shape index (κ1) is 19.1. The molecule has 5 nitrogen and oxygen atoms in total. The predicted molar refractivity (Wildman–Crippen MR) is 101 cm³/mol. The zero-order valence-electron chi connectivity index (χ0n) is 13.9. The van der Waals surface area contributed by atoms with Crippen LogP contribution >= 0.6 is 34.9 Å². The summed E-state index contributed by atoms with van der Waals surface area (Å²) in [6, 6.07) is 7.66. The van der Waals surface area contributed by atoms with E-state index in [0.29, 0.717) is 6.54 Å². The maximum absolute atomic E-state index is 12.2. The molecule has 0 aliphatic heterocycles. The number of amides is 1. The van der Waals surface area contributed by atoms with Crippen molar-refractivity contribution in [3.05, 3.63) is 29.8 Å². The van der Waals surface area contributed by atoms with Gasteiger partial charge in [0.2, 0.25) is 5.91 Å². The van der Waals surface area contributed by atoms with Gasteiger partial charge in [-0.2, -0.15) is 0 Å². The number of methoxy groups -OCH3 is 1. The van der Waals surface area contributed by atoms with Gasteiger partial charge in [0.05, 0.1) is 12.4 Å². The predicted octanol–water partition coefficient (Wildman–Crippen LogP) is 3.85. The molecule has 1 aromatic carbocycles. The van der Waals surface area contributed by atoms with E-state index in [0.717, 1.165) is 32.2 Å². The maximum atomic E-state index is 12.2. The van der Waals surface area contributed by atoms with E-state index in [2.05, 4.69) is 22.4 Å². The number of rotatable bonds is 9. The Morgan fingerprint density at radius 1 is 1.29 bits per heavy atom. The van der Waals surface area contributed by atoms with Crippen LogP contribution in [0.3, 0.4) is 0 Å². The van der Waals surface area contributed by atoms with Gasteiger partial charge in [0.1, 0.15) is 5.75 Å². The Labute approximate surface area is 155 Å². The second kappa shape index (κ2) is 9.90. The first-order valence-corrected chi connectivity index (χ1v) is 10.3. The van der Waals surface area contributed by atoms with E-state index in [-0.39, 0.29) is 11.2 Å². The third kappa shape index (κ3) is 5.99. The Morgan fingerprint density at radius 3 is 2.67 bits per heavy atom. The number of ether oxygens (including phenoxy) is 1. The minimum absolute atomic E-state index is 0.00576. The van der Waals surface area contributed by atoms with Gasteiger partial charge < -0.3 is 10.1 Å². The summed E-state index contributed by atoms with van der Waals surface area (Å²) in [5.41, 5.74) is 1.04. The number of aromatic nitrogens is 2. The van der Waals surface area contributed by atoms with Gasteiger partial charge in [-0.1, -0.05) is 53.9 Å². The van der Waals surface area contributed by atoms with Crippen molar-refractivity contribution in [3.63, 3.8) is 0 Å². The summed E-state index contributed by atoms with van der Waals surface area (Å²) in [4.78, 5) is 12.2. The van der Waals surface area contributed by atoms with E-state index < -0.39 is 0 Å². The van der Waals surface area contributed by atoms with Crippen LogP contribution in [-0.4, -0.2) is 34.2 Å². The molecule has 24 heavy (non-hydrogen) atoms. The van der Waals surface area contributed by atoms with Crippen LogP contribution in [0.4, 0.5) is 0 Å². The van der Waals surface area contributed by atoms with Crippen LogP contribution in [0, 0.1) is 0 Å². The van der Waals surface area contributed by atoms with Gasteiger partial charge in [0.25, 0.3) is 0 Å². The lowest BCUT2D eigenvalue weighted by Gasteiger charge is -2.10. The molecule has 0 aliphatic carbocycles. The molecule has 0 saturated heterocycles. The van der Waals surface area contributed by atoms with Crippen LogP contribution in [-0.2, 0) is 11.3 Å². The number of hydrogen-bond donors (Lipinski definition) is 1. The minimum atomic E-state index is -0.208. The molecule has 0 spiro atoms. The fourth-order valence-corrected chi connectivity index (χ4v) is 4.89. The molecule has 130 valence electrons. The van der Waals surface area contributed by atoms with Gasteiger partial charge in [-0.05, 0) is 31.0 Å².